The molecule has 0 spiro atoms. The minimum absolute atomic E-state index is 0.195. The highest BCUT2D eigenvalue weighted by molar-refractivity contribution is 7.19. The molecule has 2 aromatic carbocycles. The van der Waals surface area contributed by atoms with Crippen LogP contribution in [0.1, 0.15) is 70.5 Å². The standard InChI is InChI=1S/C27H30N6S.C24H22N6OS2/c1-6-20-11-10-16-33-26(18(4)30-27(20)33)22(7-2)31-19(5)32-25-15-14-24(34-25)17(3)29-23-13-9-8-12-21(23)28;1-3-15-8-10-20-26-14(2)22(30(20)12-15)18-13-32-24(28-18)29-21-11-9-19(33-21)23(31)27-17-7-5-4-6-16(17)25/h7-16,29H,3,6,28H2,1-2,4-5H3,(H,31,32);4-13H,3,25H2,1-2H3,(H,27,31)(H,28,29)/b22-7-;. The maximum atomic E-state index is 12.6. The number of nitrogens with one attached hydrogen (secondary N) is 4. The molecule has 0 saturated carbocycles. The fourth-order valence-electron chi connectivity index (χ4n) is 7.47. The first-order valence-electron chi connectivity index (χ1n) is 21.7. The lowest BCUT2D eigenvalue weighted by Gasteiger charge is -2.12. The molecule has 1 amide bonds. The van der Waals surface area contributed by atoms with E-state index in [-0.39, 0.29) is 5.91 Å². The van der Waals surface area contributed by atoms with E-state index in [4.69, 9.17) is 26.4 Å². The number of aromatic nitrogens is 5. The number of para-hydroxylation sites is 4. The Morgan fingerprint density at radius 2 is 1.54 bits per heavy atom. The summed E-state index contributed by atoms with van der Waals surface area (Å²) in [5, 5.41) is 17.5. The molecule has 7 heterocycles. The Kier molecular flexibility index (Phi) is 14.0. The second-order valence-corrected chi connectivity index (χ2v) is 18.5. The number of thiophene rings is 2. The van der Waals surface area contributed by atoms with Gasteiger partial charge in [-0.2, -0.15) is 0 Å². The number of carbonyl (C=O) groups is 1. The topological polar surface area (TPSA) is 177 Å². The van der Waals surface area contributed by atoms with Crippen LogP contribution in [0.25, 0.3) is 34.1 Å². The summed E-state index contributed by atoms with van der Waals surface area (Å²) in [6, 6.07) is 30.9. The molecule has 8 N–H and O–H groups in total. The Balaban J connectivity index is 0.000000182. The number of rotatable bonds is 13. The zero-order valence-corrected chi connectivity index (χ0v) is 40.6. The molecule has 340 valence electrons. The smallest absolute Gasteiger partial charge is 0.265 e. The van der Waals surface area contributed by atoms with Crippen molar-refractivity contribution in [3.63, 3.8) is 0 Å². The summed E-state index contributed by atoms with van der Waals surface area (Å²) in [7, 11) is 0. The van der Waals surface area contributed by atoms with E-state index in [1.54, 1.807) is 29.5 Å². The van der Waals surface area contributed by atoms with Gasteiger partial charge in [-0.3, -0.25) is 13.6 Å². The first-order valence-corrected chi connectivity index (χ1v) is 24.3. The molecule has 67 heavy (non-hydrogen) atoms. The fourth-order valence-corrected chi connectivity index (χ4v) is 9.90. The lowest BCUT2D eigenvalue weighted by Crippen LogP contribution is -2.19. The number of carbonyl (C=O) groups excluding carboxylic acids is 1. The van der Waals surface area contributed by atoms with Gasteiger partial charge in [0.25, 0.3) is 5.91 Å². The highest BCUT2D eigenvalue weighted by atomic mass is 32.1. The van der Waals surface area contributed by atoms with Crippen molar-refractivity contribution in [2.24, 2.45) is 4.99 Å². The van der Waals surface area contributed by atoms with Gasteiger partial charge in [-0.15, -0.1) is 34.0 Å². The number of benzene rings is 2. The number of nitrogens with two attached hydrogens (primary N) is 2. The van der Waals surface area contributed by atoms with Crippen LogP contribution < -0.4 is 32.7 Å². The summed E-state index contributed by atoms with van der Waals surface area (Å²) >= 11 is 4.45. The summed E-state index contributed by atoms with van der Waals surface area (Å²) in [6.07, 6.45) is 8.15. The van der Waals surface area contributed by atoms with Gasteiger partial charge >= 0.3 is 0 Å². The maximum Gasteiger partial charge on any atom is 0.265 e. The Morgan fingerprint density at radius 3 is 2.25 bits per heavy atom. The first-order chi connectivity index (χ1) is 32.4. The molecular weight excluding hydrogens is 893 g/mol. The van der Waals surface area contributed by atoms with Gasteiger partial charge < -0.3 is 32.7 Å². The van der Waals surface area contributed by atoms with E-state index >= 15 is 0 Å². The minimum Gasteiger partial charge on any atom is -0.397 e. The molecule has 0 aliphatic heterocycles. The zero-order valence-electron chi connectivity index (χ0n) is 38.1. The van der Waals surface area contributed by atoms with Gasteiger partial charge in [0.15, 0.2) is 5.13 Å². The van der Waals surface area contributed by atoms with E-state index in [0.717, 1.165) is 95.5 Å². The van der Waals surface area contributed by atoms with Gasteiger partial charge in [0.05, 0.1) is 66.0 Å². The second-order valence-electron chi connectivity index (χ2n) is 15.5. The van der Waals surface area contributed by atoms with Gasteiger partial charge in [-0.05, 0) is 112 Å². The van der Waals surface area contributed by atoms with Gasteiger partial charge in [-0.1, -0.05) is 62.9 Å². The normalized spacial score (nSPS) is 11.7. The van der Waals surface area contributed by atoms with Crippen molar-refractivity contribution in [1.29, 1.82) is 0 Å². The Labute approximate surface area is 401 Å². The van der Waals surface area contributed by atoms with E-state index in [2.05, 4.69) is 92.1 Å². The van der Waals surface area contributed by atoms with Crippen molar-refractivity contribution >= 4 is 106 Å². The van der Waals surface area contributed by atoms with E-state index in [9.17, 15) is 4.79 Å². The third kappa shape index (κ3) is 10.3. The van der Waals surface area contributed by atoms with Crippen LogP contribution in [0.15, 0.2) is 132 Å². The van der Waals surface area contributed by atoms with Crippen molar-refractivity contribution in [1.82, 2.24) is 29.1 Å². The number of hydrogen-bond donors (Lipinski definition) is 6. The lowest BCUT2D eigenvalue weighted by molar-refractivity contribution is 0.103. The van der Waals surface area contributed by atoms with Gasteiger partial charge in [-0.25, -0.2) is 19.9 Å². The molecule has 0 atom stereocenters. The predicted octanol–water partition coefficient (Wildman–Crippen LogP) is 12.6. The quantitative estimate of drug-likeness (QED) is 0.0373. The van der Waals surface area contributed by atoms with Crippen LogP contribution in [0.5, 0.6) is 0 Å². The number of allylic oxidation sites excluding steroid dienone is 1. The number of aryl methyl sites for hydroxylation is 4. The fraction of sp³-hybridized carbons (Fsp3) is 0.157. The first kappa shape index (κ1) is 46.0. The number of nitrogens with zero attached hydrogens (tertiary/aromatic N) is 6. The molecule has 13 nitrogen and oxygen atoms in total. The molecule has 0 radical (unpaired) electrons. The zero-order chi connectivity index (χ0) is 47.2. The summed E-state index contributed by atoms with van der Waals surface area (Å²) in [5.74, 6) is 0.604. The number of fused-ring (bicyclic) bond motifs is 2. The number of pyridine rings is 2. The molecule has 7 aromatic heterocycles. The number of amides is 1. The van der Waals surface area contributed by atoms with Crippen LogP contribution in [0.4, 0.5) is 37.9 Å². The van der Waals surface area contributed by atoms with Crippen LogP contribution in [-0.2, 0) is 12.8 Å². The van der Waals surface area contributed by atoms with E-state index < -0.39 is 0 Å². The van der Waals surface area contributed by atoms with Gasteiger partial charge in [0, 0.05) is 23.5 Å². The van der Waals surface area contributed by atoms with Crippen molar-refractivity contribution in [2.75, 3.05) is 27.4 Å². The molecular formula is C51H52N12OS3. The Morgan fingerprint density at radius 1 is 0.806 bits per heavy atom. The molecule has 16 heteroatoms. The average Bonchev–Trinajstić information content (AvgIpc) is 4.18. The van der Waals surface area contributed by atoms with Gasteiger partial charge in [0.2, 0.25) is 0 Å². The molecule has 0 saturated heterocycles. The van der Waals surface area contributed by atoms with Crippen LogP contribution in [0.3, 0.4) is 0 Å². The van der Waals surface area contributed by atoms with Crippen molar-refractivity contribution in [3.05, 3.63) is 165 Å². The van der Waals surface area contributed by atoms with Crippen molar-refractivity contribution in [2.45, 2.75) is 54.4 Å². The average molecular weight is 945 g/mol. The second kappa shape index (κ2) is 20.3. The number of imidazole rings is 2. The highest BCUT2D eigenvalue weighted by Gasteiger charge is 2.18. The molecule has 0 bridgehead atoms. The van der Waals surface area contributed by atoms with E-state index in [1.165, 1.54) is 33.8 Å². The largest absolute Gasteiger partial charge is 0.397 e. The minimum atomic E-state index is -0.195. The van der Waals surface area contributed by atoms with Gasteiger partial charge in [0.1, 0.15) is 27.8 Å². The van der Waals surface area contributed by atoms with Crippen LogP contribution in [0.2, 0.25) is 0 Å². The number of nitrogen functional groups attached to an aromatic ring is 2. The van der Waals surface area contributed by atoms with E-state index in [0.29, 0.717) is 21.9 Å². The number of amidine groups is 1. The molecule has 9 aromatic rings. The third-order valence-corrected chi connectivity index (χ3v) is 13.6. The Bertz CT molecular complexity index is 3310. The number of thiazole rings is 1. The number of hydrogen-bond acceptors (Lipinski definition) is 12. The lowest BCUT2D eigenvalue weighted by atomic mass is 10.2. The predicted molar refractivity (Wildman–Crippen MR) is 284 cm³/mol. The third-order valence-electron chi connectivity index (χ3n) is 10.8. The summed E-state index contributed by atoms with van der Waals surface area (Å²) < 4.78 is 4.26. The SMILES string of the molecule is C=C(Nc1ccccc1N)c1ccc(/N=C(/C)N/C(=C\C)c2c(C)nc3c(CC)cccn23)s1.CCc1ccc2nc(C)c(-c3csc(Nc4ccc(C(=O)Nc5ccccc5N)s4)n3)n2c1. The molecule has 9 rings (SSSR count). The summed E-state index contributed by atoms with van der Waals surface area (Å²) in [6.45, 7) is 16.5. The van der Waals surface area contributed by atoms with Crippen LogP contribution in [0, 0.1) is 13.8 Å². The molecule has 0 fully saturated rings. The van der Waals surface area contributed by atoms with E-state index in [1.807, 2.05) is 93.7 Å². The van der Waals surface area contributed by atoms with Crippen molar-refractivity contribution in [3.8, 4) is 11.4 Å². The van der Waals surface area contributed by atoms with Crippen LogP contribution >= 0.6 is 34.0 Å². The van der Waals surface area contributed by atoms with Crippen molar-refractivity contribution < 1.29 is 4.79 Å². The molecule has 0 aliphatic rings. The number of anilines is 6. The number of aliphatic imine (C=N–C) groups is 1. The molecule has 0 unspecified atom stereocenters. The summed E-state index contributed by atoms with van der Waals surface area (Å²) in [4.78, 5) is 33.3. The maximum absolute atomic E-state index is 12.6. The Hall–Kier alpha value is -7.53. The highest BCUT2D eigenvalue weighted by Crippen LogP contribution is 2.34. The monoisotopic (exact) mass is 944 g/mol. The summed E-state index contributed by atoms with van der Waals surface area (Å²) in [5.41, 5.74) is 25.6. The van der Waals surface area contributed by atoms with Crippen LogP contribution in [-0.4, -0.2) is 35.5 Å². The molecule has 0 aliphatic carbocycles.